The normalized spacial score (nSPS) is 17.1. The molecule has 1 aromatic rings. The van der Waals surface area contributed by atoms with Crippen molar-refractivity contribution in [3.05, 3.63) is 17.8 Å². The third-order valence-electron chi connectivity index (χ3n) is 3.75. The van der Waals surface area contributed by atoms with E-state index in [0.717, 1.165) is 51.4 Å². The van der Waals surface area contributed by atoms with Crippen molar-refractivity contribution in [2.45, 2.75) is 18.9 Å². The molecule has 1 unspecified atom stereocenters. The highest BCUT2D eigenvalue weighted by Gasteiger charge is 2.16. The van der Waals surface area contributed by atoms with Gasteiger partial charge in [0.05, 0.1) is 19.3 Å². The molecule has 0 spiro atoms. The number of morpholine rings is 1. The number of nitrogens with zero attached hydrogens (tertiary/aromatic N) is 2. The van der Waals surface area contributed by atoms with Gasteiger partial charge in [-0.1, -0.05) is 0 Å². The Bertz CT molecular complexity index is 477. The molecule has 1 fully saturated rings. The van der Waals surface area contributed by atoms with Gasteiger partial charge >= 0.3 is 0 Å². The molecule has 1 aliphatic rings. The summed E-state index contributed by atoms with van der Waals surface area (Å²) >= 11 is 1.72. The van der Waals surface area contributed by atoms with Crippen LogP contribution in [0.5, 0.6) is 0 Å². The lowest BCUT2D eigenvalue weighted by Crippen LogP contribution is -2.38. The highest BCUT2D eigenvalue weighted by Crippen LogP contribution is 2.15. The summed E-state index contributed by atoms with van der Waals surface area (Å²) < 4.78 is 10.6. The highest BCUT2D eigenvalue weighted by molar-refractivity contribution is 7.98. The zero-order valence-electron chi connectivity index (χ0n) is 13.6. The van der Waals surface area contributed by atoms with Crippen LogP contribution < -0.4 is 11.1 Å². The van der Waals surface area contributed by atoms with Gasteiger partial charge < -0.3 is 20.2 Å². The number of ether oxygens (including phenoxy) is 1. The summed E-state index contributed by atoms with van der Waals surface area (Å²) in [5.41, 5.74) is 6.28. The molecule has 1 aromatic heterocycles. The van der Waals surface area contributed by atoms with Crippen LogP contribution in [-0.4, -0.2) is 67.2 Å². The lowest BCUT2D eigenvalue weighted by molar-refractivity contribution is 0.0374. The number of aromatic nitrogens is 1. The molecule has 1 aliphatic heterocycles. The molecule has 0 bridgehead atoms. The van der Waals surface area contributed by atoms with E-state index in [1.165, 1.54) is 6.26 Å². The number of carbonyl (C=O) groups excluding carboxylic acids is 1. The Hall–Kier alpha value is -1.09. The maximum absolute atomic E-state index is 12.0. The lowest BCUT2D eigenvalue weighted by Gasteiger charge is -2.26. The van der Waals surface area contributed by atoms with Crippen molar-refractivity contribution in [2.24, 2.45) is 5.73 Å². The third kappa shape index (κ3) is 6.14. The first-order valence-corrected chi connectivity index (χ1v) is 9.38. The number of hydrogen-bond acceptors (Lipinski definition) is 7. The molecule has 0 radical (unpaired) electrons. The largest absolute Gasteiger partial charge is 0.446 e. The van der Waals surface area contributed by atoms with E-state index in [-0.39, 0.29) is 11.9 Å². The van der Waals surface area contributed by atoms with E-state index in [2.05, 4.69) is 15.2 Å². The molecule has 23 heavy (non-hydrogen) atoms. The van der Waals surface area contributed by atoms with E-state index < -0.39 is 0 Å². The van der Waals surface area contributed by atoms with Crippen LogP contribution in [0.25, 0.3) is 0 Å². The van der Waals surface area contributed by atoms with Crippen LogP contribution in [-0.2, 0) is 4.74 Å². The molecule has 1 atom stereocenters. The summed E-state index contributed by atoms with van der Waals surface area (Å²) in [6.45, 7) is 5.11. The fourth-order valence-electron chi connectivity index (χ4n) is 2.35. The van der Waals surface area contributed by atoms with Gasteiger partial charge in [0.15, 0.2) is 5.69 Å². The fraction of sp³-hybridized carbons (Fsp3) is 0.733. The molecular formula is C15H26N4O3S. The van der Waals surface area contributed by atoms with E-state index in [4.69, 9.17) is 14.9 Å². The maximum atomic E-state index is 12.0. The van der Waals surface area contributed by atoms with E-state index in [1.807, 2.05) is 6.26 Å². The molecule has 0 aliphatic carbocycles. The number of rotatable bonds is 9. The third-order valence-corrected chi connectivity index (χ3v) is 4.39. The van der Waals surface area contributed by atoms with Crippen molar-refractivity contribution < 1.29 is 13.9 Å². The quantitative estimate of drug-likeness (QED) is 0.643. The smallest absolute Gasteiger partial charge is 0.273 e. The Balaban J connectivity index is 1.68. The second-order valence-corrected chi connectivity index (χ2v) is 6.51. The van der Waals surface area contributed by atoms with Gasteiger partial charge in [0.2, 0.25) is 5.89 Å². The van der Waals surface area contributed by atoms with E-state index in [1.54, 1.807) is 11.8 Å². The Morgan fingerprint density at radius 3 is 3.04 bits per heavy atom. The molecule has 0 aromatic carbocycles. The monoisotopic (exact) mass is 342 g/mol. The van der Waals surface area contributed by atoms with Gasteiger partial charge in [-0.25, -0.2) is 4.98 Å². The van der Waals surface area contributed by atoms with Gasteiger partial charge in [0.25, 0.3) is 5.91 Å². The Morgan fingerprint density at radius 2 is 2.30 bits per heavy atom. The summed E-state index contributed by atoms with van der Waals surface area (Å²) in [5.74, 6) is 1.16. The van der Waals surface area contributed by atoms with E-state index >= 15 is 0 Å². The van der Waals surface area contributed by atoms with Crippen molar-refractivity contribution in [3.63, 3.8) is 0 Å². The van der Waals surface area contributed by atoms with Crippen LogP contribution >= 0.6 is 11.8 Å². The first-order valence-electron chi connectivity index (χ1n) is 7.99. The molecule has 0 saturated carbocycles. The van der Waals surface area contributed by atoms with Crippen LogP contribution in [0.2, 0.25) is 0 Å². The van der Waals surface area contributed by atoms with Gasteiger partial charge in [-0.2, -0.15) is 11.8 Å². The van der Waals surface area contributed by atoms with Crippen molar-refractivity contribution in [3.8, 4) is 0 Å². The first kappa shape index (κ1) is 18.3. The molecular weight excluding hydrogens is 316 g/mol. The SMILES string of the molecule is CSCCC(N)c1nc(C(=O)NCCCN2CCOCC2)co1. The van der Waals surface area contributed by atoms with Gasteiger partial charge in [-0.3, -0.25) is 9.69 Å². The number of amides is 1. The predicted molar refractivity (Wildman–Crippen MR) is 90.6 cm³/mol. The standard InChI is InChI=1S/C15H26N4O3S/c1-23-10-3-12(16)15-18-13(11-22-15)14(20)17-4-2-5-19-6-8-21-9-7-19/h11-12H,2-10,16H2,1H3,(H,17,20). The minimum Gasteiger partial charge on any atom is -0.446 e. The molecule has 1 saturated heterocycles. The minimum absolute atomic E-state index is 0.209. The zero-order valence-corrected chi connectivity index (χ0v) is 14.4. The molecule has 7 nitrogen and oxygen atoms in total. The Labute approximate surface area is 141 Å². The van der Waals surface area contributed by atoms with Crippen molar-refractivity contribution in [1.29, 1.82) is 0 Å². The summed E-state index contributed by atoms with van der Waals surface area (Å²) in [7, 11) is 0. The highest BCUT2D eigenvalue weighted by atomic mass is 32.2. The number of carbonyl (C=O) groups is 1. The van der Waals surface area contributed by atoms with E-state index in [0.29, 0.717) is 18.1 Å². The predicted octanol–water partition coefficient (Wildman–Crippen LogP) is 0.880. The topological polar surface area (TPSA) is 93.6 Å². The van der Waals surface area contributed by atoms with Crippen molar-refractivity contribution in [1.82, 2.24) is 15.2 Å². The average molecular weight is 342 g/mol. The number of nitrogens with two attached hydrogens (primary N) is 1. The zero-order chi connectivity index (χ0) is 16.5. The van der Waals surface area contributed by atoms with Crippen LogP contribution in [0.4, 0.5) is 0 Å². The van der Waals surface area contributed by atoms with Crippen LogP contribution in [0.3, 0.4) is 0 Å². The molecule has 3 N–H and O–H groups in total. The summed E-state index contributed by atoms with van der Waals surface area (Å²) in [4.78, 5) is 18.6. The van der Waals surface area contributed by atoms with E-state index in [9.17, 15) is 4.79 Å². The van der Waals surface area contributed by atoms with Crippen molar-refractivity contribution in [2.75, 3.05) is 51.4 Å². The summed E-state index contributed by atoms with van der Waals surface area (Å²) in [6, 6.07) is -0.259. The number of thioether (sulfide) groups is 1. The van der Waals surface area contributed by atoms with Crippen LogP contribution in [0.1, 0.15) is 35.3 Å². The van der Waals surface area contributed by atoms with Crippen molar-refractivity contribution >= 4 is 17.7 Å². The molecule has 2 rings (SSSR count). The molecule has 2 heterocycles. The summed E-state index contributed by atoms with van der Waals surface area (Å²) in [5, 5.41) is 2.87. The average Bonchev–Trinajstić information content (AvgIpc) is 3.07. The molecule has 1 amide bonds. The first-order chi connectivity index (χ1) is 11.2. The van der Waals surface area contributed by atoms with Crippen LogP contribution in [0, 0.1) is 0 Å². The number of oxazole rings is 1. The van der Waals surface area contributed by atoms with Gasteiger partial charge in [-0.05, 0) is 31.4 Å². The maximum Gasteiger partial charge on any atom is 0.273 e. The number of hydrogen-bond donors (Lipinski definition) is 2. The summed E-state index contributed by atoms with van der Waals surface area (Å²) in [6.07, 6.45) is 5.09. The van der Waals surface area contributed by atoms with Gasteiger partial charge in [-0.15, -0.1) is 0 Å². The minimum atomic E-state index is -0.259. The Morgan fingerprint density at radius 1 is 1.52 bits per heavy atom. The lowest BCUT2D eigenvalue weighted by atomic mass is 10.2. The van der Waals surface area contributed by atoms with Crippen LogP contribution in [0.15, 0.2) is 10.7 Å². The molecule has 130 valence electrons. The number of nitrogens with one attached hydrogen (secondary N) is 1. The Kier molecular flexibility index (Phi) is 7.87. The fourth-order valence-corrected chi connectivity index (χ4v) is 2.84. The van der Waals surface area contributed by atoms with Gasteiger partial charge in [0, 0.05) is 19.6 Å². The second kappa shape index (κ2) is 9.92. The second-order valence-electron chi connectivity index (χ2n) is 5.52. The van der Waals surface area contributed by atoms with Gasteiger partial charge in [0.1, 0.15) is 6.26 Å². The molecule has 8 heteroatoms.